The normalized spacial score (nSPS) is 9.00. The van der Waals surface area contributed by atoms with Crippen LogP contribution in [0.2, 0.25) is 0 Å². The van der Waals surface area contributed by atoms with Crippen molar-refractivity contribution in [3.8, 4) is 28.3 Å². The number of pyridine rings is 2. The summed E-state index contributed by atoms with van der Waals surface area (Å²) >= 11 is 0. The molecule has 0 atom stereocenters. The third-order valence-electron chi connectivity index (χ3n) is 4.12. The summed E-state index contributed by atoms with van der Waals surface area (Å²) in [4.78, 5) is 7.94. The zero-order chi connectivity index (χ0) is 20.5. The van der Waals surface area contributed by atoms with Crippen LogP contribution in [-0.4, -0.2) is 15.8 Å². The summed E-state index contributed by atoms with van der Waals surface area (Å²) in [5, 5.41) is 16.0. The molecule has 4 rings (SSSR count). The van der Waals surface area contributed by atoms with E-state index in [1.54, 1.807) is 18.5 Å². The van der Waals surface area contributed by atoms with E-state index in [1.165, 1.54) is 0 Å². The molecule has 0 spiro atoms. The number of nitrogens with one attached hydrogen (secondary N) is 1. The van der Waals surface area contributed by atoms with Crippen molar-refractivity contribution in [3.05, 3.63) is 109 Å². The van der Waals surface area contributed by atoms with Gasteiger partial charge in [-0.1, -0.05) is 68.1 Å². The van der Waals surface area contributed by atoms with Crippen molar-refractivity contribution < 1.29 is 0 Å². The Bertz CT molecular complexity index is 1140. The van der Waals surface area contributed by atoms with Gasteiger partial charge in [0.1, 0.15) is 23.3 Å². The topological polar surface area (TPSA) is 99.4 Å². The molecule has 2 aromatic carbocycles. The third kappa shape index (κ3) is 7.07. The van der Waals surface area contributed by atoms with Gasteiger partial charge in [-0.2, -0.15) is 5.26 Å². The fraction of sp³-hybridized carbons (Fsp3) is 0.0400. The van der Waals surface area contributed by atoms with Gasteiger partial charge in [-0.3, -0.25) is 10.4 Å². The maximum Gasteiger partial charge on any atom is 0.141 e. The molecular formula is C25H24ClN5. The molecule has 4 aromatic rings. The van der Waals surface area contributed by atoms with Crippen LogP contribution in [0.3, 0.4) is 0 Å². The Morgan fingerprint density at radius 2 is 1.23 bits per heavy atom. The summed E-state index contributed by atoms with van der Waals surface area (Å²) in [5.41, 5.74) is 10.6. The highest BCUT2D eigenvalue weighted by Crippen LogP contribution is 2.19. The molecule has 0 aliphatic carbocycles. The molecule has 2 aromatic heterocycles. The largest absolute Gasteiger partial charge is 0.382 e. The molecular weight excluding hydrogens is 406 g/mol. The monoisotopic (exact) mass is 429 g/mol. The molecule has 5 nitrogen and oxygen atoms in total. The lowest BCUT2D eigenvalue weighted by Crippen LogP contribution is -2.12. The fourth-order valence-corrected chi connectivity index (χ4v) is 2.69. The lowest BCUT2D eigenvalue weighted by molar-refractivity contribution is 1.26. The van der Waals surface area contributed by atoms with Crippen molar-refractivity contribution in [1.82, 2.24) is 9.97 Å². The van der Waals surface area contributed by atoms with E-state index >= 15 is 0 Å². The van der Waals surface area contributed by atoms with Gasteiger partial charge in [-0.15, -0.1) is 12.4 Å². The van der Waals surface area contributed by atoms with Crippen molar-refractivity contribution in [2.45, 2.75) is 7.43 Å². The maximum absolute atomic E-state index is 8.70. The number of nitrogens with two attached hydrogens (primary N) is 1. The van der Waals surface area contributed by atoms with Crippen molar-refractivity contribution in [3.63, 3.8) is 0 Å². The zero-order valence-corrected chi connectivity index (χ0v) is 16.9. The van der Waals surface area contributed by atoms with Crippen LogP contribution in [0.4, 0.5) is 0 Å². The van der Waals surface area contributed by atoms with E-state index in [2.05, 4.69) is 9.97 Å². The highest BCUT2D eigenvalue weighted by atomic mass is 35.5. The molecule has 0 fully saturated rings. The number of aromatic nitrogens is 2. The Labute approximate surface area is 189 Å². The van der Waals surface area contributed by atoms with E-state index in [0.29, 0.717) is 11.4 Å². The lowest BCUT2D eigenvalue weighted by Gasteiger charge is -2.02. The summed E-state index contributed by atoms with van der Waals surface area (Å²) < 4.78 is 0. The lowest BCUT2D eigenvalue weighted by atomic mass is 10.1. The van der Waals surface area contributed by atoms with E-state index in [-0.39, 0.29) is 25.7 Å². The molecule has 0 saturated heterocycles. The molecule has 0 aliphatic rings. The van der Waals surface area contributed by atoms with Crippen molar-refractivity contribution in [2.75, 3.05) is 0 Å². The molecule has 0 bridgehead atoms. The van der Waals surface area contributed by atoms with E-state index in [9.17, 15) is 0 Å². The molecule has 2 heterocycles. The molecule has 31 heavy (non-hydrogen) atoms. The van der Waals surface area contributed by atoms with Gasteiger partial charge >= 0.3 is 0 Å². The number of nitriles is 1. The zero-order valence-electron chi connectivity index (χ0n) is 16.1. The van der Waals surface area contributed by atoms with Crippen molar-refractivity contribution in [2.24, 2.45) is 5.73 Å². The highest BCUT2D eigenvalue weighted by molar-refractivity contribution is 5.94. The highest BCUT2D eigenvalue weighted by Gasteiger charge is 2.01. The van der Waals surface area contributed by atoms with Crippen LogP contribution in [0.1, 0.15) is 18.8 Å². The van der Waals surface area contributed by atoms with Gasteiger partial charge in [0, 0.05) is 12.4 Å². The SMILES string of the molecule is C.Cl.N#Cc1cc(-c2ccccc2)ccn1.N=C(N)c1cc(-c2ccccc2)ccn1. The van der Waals surface area contributed by atoms with Crippen LogP contribution < -0.4 is 5.73 Å². The number of nitrogen functional groups attached to an aromatic ring is 1. The standard InChI is InChI=1S/C12H11N3.C12H8N2.CH4.ClH/c13-12(14)11-8-10(6-7-15-11)9-4-2-1-3-5-9;13-9-12-8-11(6-7-14-12)10-4-2-1-3-5-10;;/h1-8H,(H3,13,14);1-8H;1H4;1H. The third-order valence-corrected chi connectivity index (χ3v) is 4.12. The van der Waals surface area contributed by atoms with Gasteiger partial charge in [0.05, 0.1) is 0 Å². The van der Waals surface area contributed by atoms with Crippen LogP contribution in [0, 0.1) is 16.7 Å². The smallest absolute Gasteiger partial charge is 0.141 e. The Kier molecular flexibility index (Phi) is 10.1. The molecule has 0 radical (unpaired) electrons. The average molecular weight is 430 g/mol. The average Bonchev–Trinajstić information content (AvgIpc) is 2.81. The van der Waals surface area contributed by atoms with Crippen LogP contribution in [0.25, 0.3) is 22.3 Å². The second-order valence-electron chi connectivity index (χ2n) is 6.12. The minimum atomic E-state index is -0.00668. The first kappa shape index (κ1) is 25.0. The summed E-state index contributed by atoms with van der Waals surface area (Å²) in [7, 11) is 0. The number of hydrogen-bond acceptors (Lipinski definition) is 4. The second-order valence-corrected chi connectivity index (χ2v) is 6.12. The Morgan fingerprint density at radius 3 is 1.71 bits per heavy atom. The van der Waals surface area contributed by atoms with E-state index < -0.39 is 0 Å². The molecule has 3 N–H and O–H groups in total. The van der Waals surface area contributed by atoms with Crippen molar-refractivity contribution >= 4 is 18.2 Å². The summed E-state index contributed by atoms with van der Waals surface area (Å²) in [6.45, 7) is 0. The number of benzene rings is 2. The molecule has 0 saturated carbocycles. The van der Waals surface area contributed by atoms with E-state index in [0.717, 1.165) is 22.3 Å². The molecule has 0 unspecified atom stereocenters. The van der Waals surface area contributed by atoms with Crippen molar-refractivity contribution in [1.29, 1.82) is 10.7 Å². The van der Waals surface area contributed by atoms with Crippen LogP contribution in [0.15, 0.2) is 97.3 Å². The Hall–Kier alpha value is -4.01. The first-order chi connectivity index (χ1) is 14.2. The number of amidine groups is 1. The van der Waals surface area contributed by atoms with Gasteiger partial charge < -0.3 is 5.73 Å². The van der Waals surface area contributed by atoms with Crippen LogP contribution in [-0.2, 0) is 0 Å². The van der Waals surface area contributed by atoms with E-state index in [4.69, 9.17) is 16.4 Å². The summed E-state index contributed by atoms with van der Waals surface area (Å²) in [6.07, 6.45) is 3.32. The fourth-order valence-electron chi connectivity index (χ4n) is 2.69. The molecule has 156 valence electrons. The number of hydrogen-bond donors (Lipinski definition) is 2. The van der Waals surface area contributed by atoms with Gasteiger partial charge in [0.25, 0.3) is 0 Å². The van der Waals surface area contributed by atoms with Crippen LogP contribution >= 0.6 is 12.4 Å². The van der Waals surface area contributed by atoms with Gasteiger partial charge in [0.2, 0.25) is 0 Å². The summed E-state index contributed by atoms with van der Waals surface area (Å²) in [5.74, 6) is -0.00668. The number of rotatable bonds is 3. The molecule has 0 aliphatic heterocycles. The minimum absolute atomic E-state index is 0. The van der Waals surface area contributed by atoms with E-state index in [1.807, 2.05) is 84.9 Å². The second kappa shape index (κ2) is 12.5. The number of halogens is 1. The van der Waals surface area contributed by atoms with Gasteiger partial charge in [-0.25, -0.2) is 4.98 Å². The van der Waals surface area contributed by atoms with Gasteiger partial charge in [-0.05, 0) is 46.5 Å². The van der Waals surface area contributed by atoms with Crippen LogP contribution in [0.5, 0.6) is 0 Å². The quantitative estimate of drug-likeness (QED) is 0.321. The summed E-state index contributed by atoms with van der Waals surface area (Å²) in [6, 6.07) is 29.3. The predicted molar refractivity (Wildman–Crippen MR) is 129 cm³/mol. The Balaban J connectivity index is 0.000000292. The molecule has 0 amide bonds. The number of nitrogens with zero attached hydrogens (tertiary/aromatic N) is 3. The predicted octanol–water partition coefficient (Wildman–Crippen LogP) is 5.71. The maximum atomic E-state index is 8.70. The van der Waals surface area contributed by atoms with Gasteiger partial charge in [0.15, 0.2) is 0 Å². The Morgan fingerprint density at radius 1 is 0.742 bits per heavy atom. The molecule has 6 heteroatoms. The minimum Gasteiger partial charge on any atom is -0.382 e. The first-order valence-electron chi connectivity index (χ1n) is 8.95. The first-order valence-corrected chi connectivity index (χ1v) is 8.95.